The molecule has 0 saturated carbocycles. The number of nitrogens with zero attached hydrogens (tertiary/aromatic N) is 2. The summed E-state index contributed by atoms with van der Waals surface area (Å²) in [7, 11) is 1.86. The molecular weight excluding hydrogens is 276 g/mol. The van der Waals surface area contributed by atoms with Gasteiger partial charge in [-0.3, -0.25) is 9.69 Å². The monoisotopic (exact) mass is 304 g/mol. The van der Waals surface area contributed by atoms with Crippen molar-refractivity contribution in [2.75, 3.05) is 20.2 Å². The van der Waals surface area contributed by atoms with Crippen molar-refractivity contribution < 1.29 is 9.90 Å². The Balaban J connectivity index is 2.01. The standard InChI is InChI=1S/C18H28N2O2/c1-14-8-7-11-17(13-21)20(14)12-18(22)19(3)15(2)16-9-5-4-6-10-16/h4-6,9-10,14-15,17,21H,7-8,11-13H2,1-3H3. The Labute approximate surface area is 133 Å². The van der Waals surface area contributed by atoms with Crippen molar-refractivity contribution in [2.24, 2.45) is 0 Å². The summed E-state index contributed by atoms with van der Waals surface area (Å²) >= 11 is 0. The van der Waals surface area contributed by atoms with E-state index in [4.69, 9.17) is 0 Å². The second-order valence-corrected chi connectivity index (χ2v) is 6.38. The van der Waals surface area contributed by atoms with Crippen LogP contribution in [-0.4, -0.2) is 53.1 Å². The number of benzene rings is 1. The lowest BCUT2D eigenvalue weighted by atomic mass is 9.96. The van der Waals surface area contributed by atoms with Gasteiger partial charge >= 0.3 is 0 Å². The Kier molecular flexibility index (Phi) is 5.98. The number of hydrogen-bond donors (Lipinski definition) is 1. The lowest BCUT2D eigenvalue weighted by Crippen LogP contribution is -2.51. The number of aliphatic hydroxyl groups excluding tert-OH is 1. The smallest absolute Gasteiger partial charge is 0.237 e. The fourth-order valence-electron chi connectivity index (χ4n) is 3.26. The van der Waals surface area contributed by atoms with Gasteiger partial charge in [0.05, 0.1) is 19.2 Å². The molecule has 0 bridgehead atoms. The van der Waals surface area contributed by atoms with Gasteiger partial charge in [0.1, 0.15) is 0 Å². The van der Waals surface area contributed by atoms with Crippen LogP contribution >= 0.6 is 0 Å². The van der Waals surface area contributed by atoms with E-state index in [1.165, 1.54) is 0 Å². The third kappa shape index (κ3) is 3.87. The second-order valence-electron chi connectivity index (χ2n) is 6.38. The molecule has 0 radical (unpaired) electrons. The van der Waals surface area contributed by atoms with Gasteiger partial charge < -0.3 is 10.0 Å². The van der Waals surface area contributed by atoms with Crippen molar-refractivity contribution in [3.8, 4) is 0 Å². The highest BCUT2D eigenvalue weighted by atomic mass is 16.3. The van der Waals surface area contributed by atoms with Gasteiger partial charge in [0, 0.05) is 19.1 Å². The number of amides is 1. The Hall–Kier alpha value is -1.39. The van der Waals surface area contributed by atoms with E-state index in [-0.39, 0.29) is 24.6 Å². The van der Waals surface area contributed by atoms with E-state index in [0.717, 1.165) is 24.8 Å². The van der Waals surface area contributed by atoms with Crippen LogP contribution in [0.1, 0.15) is 44.7 Å². The topological polar surface area (TPSA) is 43.8 Å². The molecule has 1 fully saturated rings. The van der Waals surface area contributed by atoms with Crippen LogP contribution < -0.4 is 0 Å². The number of rotatable bonds is 5. The minimum absolute atomic E-state index is 0.0568. The van der Waals surface area contributed by atoms with Gasteiger partial charge in [-0.2, -0.15) is 0 Å². The fourth-order valence-corrected chi connectivity index (χ4v) is 3.26. The van der Waals surface area contributed by atoms with Gasteiger partial charge in [0.15, 0.2) is 0 Å². The molecule has 1 amide bonds. The molecule has 2 rings (SSSR count). The molecule has 1 N–H and O–H groups in total. The Bertz CT molecular complexity index is 477. The van der Waals surface area contributed by atoms with Crippen LogP contribution in [-0.2, 0) is 4.79 Å². The van der Waals surface area contributed by atoms with Crippen LogP contribution in [0.15, 0.2) is 30.3 Å². The molecule has 122 valence electrons. The van der Waals surface area contributed by atoms with E-state index in [1.54, 1.807) is 0 Å². The van der Waals surface area contributed by atoms with E-state index in [2.05, 4.69) is 30.9 Å². The summed E-state index contributed by atoms with van der Waals surface area (Å²) in [5.41, 5.74) is 1.14. The third-order valence-electron chi connectivity index (χ3n) is 4.98. The SMILES string of the molecule is CC(c1ccccc1)N(C)C(=O)CN1C(C)CCCC1CO. The van der Waals surface area contributed by atoms with Crippen molar-refractivity contribution in [1.29, 1.82) is 0 Å². The molecule has 3 unspecified atom stereocenters. The van der Waals surface area contributed by atoms with Gasteiger partial charge in [0.25, 0.3) is 0 Å². The largest absolute Gasteiger partial charge is 0.395 e. The Morgan fingerprint density at radius 1 is 1.36 bits per heavy atom. The van der Waals surface area contributed by atoms with Gasteiger partial charge in [-0.15, -0.1) is 0 Å². The van der Waals surface area contributed by atoms with Gasteiger partial charge in [-0.25, -0.2) is 0 Å². The molecule has 4 nitrogen and oxygen atoms in total. The highest BCUT2D eigenvalue weighted by molar-refractivity contribution is 5.78. The zero-order valence-electron chi connectivity index (χ0n) is 13.9. The first-order valence-electron chi connectivity index (χ1n) is 8.21. The number of piperidine rings is 1. The third-order valence-corrected chi connectivity index (χ3v) is 4.98. The molecule has 0 aliphatic carbocycles. The summed E-state index contributed by atoms with van der Waals surface area (Å²) in [5, 5.41) is 9.55. The number of hydrogen-bond acceptors (Lipinski definition) is 3. The highest BCUT2D eigenvalue weighted by Gasteiger charge is 2.30. The van der Waals surface area contributed by atoms with Crippen LogP contribution in [0.3, 0.4) is 0 Å². The van der Waals surface area contributed by atoms with Gasteiger partial charge in [0.2, 0.25) is 5.91 Å². The highest BCUT2D eigenvalue weighted by Crippen LogP contribution is 2.24. The minimum atomic E-state index is 0.0568. The summed E-state index contributed by atoms with van der Waals surface area (Å²) in [6.07, 6.45) is 3.21. The predicted octanol–water partition coefficient (Wildman–Crippen LogP) is 2.44. The molecule has 22 heavy (non-hydrogen) atoms. The van der Waals surface area contributed by atoms with Crippen molar-refractivity contribution in [2.45, 2.75) is 51.2 Å². The average molecular weight is 304 g/mol. The summed E-state index contributed by atoms with van der Waals surface area (Å²) in [6, 6.07) is 10.6. The lowest BCUT2D eigenvalue weighted by Gasteiger charge is -2.40. The maximum absolute atomic E-state index is 12.6. The summed E-state index contributed by atoms with van der Waals surface area (Å²) in [4.78, 5) is 16.6. The second kappa shape index (κ2) is 7.75. The summed E-state index contributed by atoms with van der Waals surface area (Å²) < 4.78 is 0. The number of likely N-dealkylation sites (N-methyl/N-ethyl adjacent to an activating group) is 1. The molecule has 1 heterocycles. The first kappa shape index (κ1) is 17.0. The van der Waals surface area contributed by atoms with Crippen molar-refractivity contribution in [1.82, 2.24) is 9.80 Å². The lowest BCUT2D eigenvalue weighted by molar-refractivity contribution is -0.135. The van der Waals surface area contributed by atoms with Crippen LogP contribution in [0, 0.1) is 0 Å². The van der Waals surface area contributed by atoms with Crippen molar-refractivity contribution in [3.05, 3.63) is 35.9 Å². The molecule has 0 spiro atoms. The molecular formula is C18H28N2O2. The van der Waals surface area contributed by atoms with Gasteiger partial charge in [-0.1, -0.05) is 36.8 Å². The average Bonchev–Trinajstić information content (AvgIpc) is 2.56. The zero-order valence-corrected chi connectivity index (χ0v) is 13.9. The van der Waals surface area contributed by atoms with E-state index in [9.17, 15) is 9.90 Å². The summed E-state index contributed by atoms with van der Waals surface area (Å²) in [6.45, 7) is 4.72. The Morgan fingerprint density at radius 2 is 2.05 bits per heavy atom. The van der Waals surface area contributed by atoms with E-state index in [0.29, 0.717) is 12.6 Å². The first-order valence-corrected chi connectivity index (χ1v) is 8.21. The van der Waals surface area contributed by atoms with Crippen LogP contribution in [0.25, 0.3) is 0 Å². The maximum atomic E-state index is 12.6. The summed E-state index contributed by atoms with van der Waals surface area (Å²) in [5.74, 6) is 0.114. The number of likely N-dealkylation sites (tertiary alicyclic amines) is 1. The van der Waals surface area contributed by atoms with Gasteiger partial charge in [-0.05, 0) is 32.3 Å². The number of aliphatic hydroxyl groups is 1. The Morgan fingerprint density at radius 3 is 2.68 bits per heavy atom. The van der Waals surface area contributed by atoms with E-state index in [1.807, 2.05) is 30.1 Å². The molecule has 1 saturated heterocycles. The molecule has 3 atom stereocenters. The number of carbonyl (C=O) groups is 1. The quantitative estimate of drug-likeness (QED) is 0.908. The fraction of sp³-hybridized carbons (Fsp3) is 0.611. The normalized spacial score (nSPS) is 24.0. The molecule has 1 aliphatic heterocycles. The van der Waals surface area contributed by atoms with Crippen LogP contribution in [0.5, 0.6) is 0 Å². The molecule has 1 aromatic carbocycles. The molecule has 4 heteroatoms. The van der Waals surface area contributed by atoms with E-state index < -0.39 is 0 Å². The van der Waals surface area contributed by atoms with Crippen molar-refractivity contribution in [3.63, 3.8) is 0 Å². The van der Waals surface area contributed by atoms with Crippen LogP contribution in [0.4, 0.5) is 0 Å². The number of carbonyl (C=O) groups excluding carboxylic acids is 1. The maximum Gasteiger partial charge on any atom is 0.237 e. The molecule has 1 aliphatic rings. The molecule has 1 aromatic rings. The van der Waals surface area contributed by atoms with E-state index >= 15 is 0 Å². The first-order chi connectivity index (χ1) is 10.5. The molecule has 0 aromatic heterocycles. The predicted molar refractivity (Wildman–Crippen MR) is 88.5 cm³/mol. The van der Waals surface area contributed by atoms with Crippen LogP contribution in [0.2, 0.25) is 0 Å². The van der Waals surface area contributed by atoms with Crippen molar-refractivity contribution >= 4 is 5.91 Å². The zero-order chi connectivity index (χ0) is 16.1. The minimum Gasteiger partial charge on any atom is -0.395 e.